The second-order valence-electron chi connectivity index (χ2n) is 5.10. The van der Waals surface area contributed by atoms with E-state index in [1.54, 1.807) is 0 Å². The number of carboxylic acid groups (broad SMARTS) is 1. The third-order valence-electron chi connectivity index (χ3n) is 2.80. The third kappa shape index (κ3) is 5.04. The highest BCUT2D eigenvalue weighted by molar-refractivity contribution is 5.83. The number of aliphatic hydroxyl groups excluding tert-OH is 1. The molecule has 1 aliphatic heterocycles. The van der Waals surface area contributed by atoms with Gasteiger partial charge in [0.15, 0.2) is 0 Å². The highest BCUT2D eigenvalue weighted by atomic mass is 16.5. The van der Waals surface area contributed by atoms with Gasteiger partial charge in [0, 0.05) is 26.1 Å². The summed E-state index contributed by atoms with van der Waals surface area (Å²) in [5.41, 5.74) is 0. The largest absolute Gasteiger partial charge is 0.480 e. The summed E-state index contributed by atoms with van der Waals surface area (Å²) in [6, 6.07) is -1.43. The molecule has 2 amide bonds. The number of β-amino-alcohol motifs (C(OH)–C–C–N with tert-alkyl or cyclic N) is 1. The van der Waals surface area contributed by atoms with E-state index in [2.05, 4.69) is 5.32 Å². The van der Waals surface area contributed by atoms with E-state index in [0.29, 0.717) is 25.7 Å². The number of aliphatic carboxylic acids is 1. The van der Waals surface area contributed by atoms with Crippen LogP contribution in [0.15, 0.2) is 0 Å². The number of rotatable bonds is 6. The molecule has 0 spiro atoms. The second-order valence-corrected chi connectivity index (χ2v) is 5.10. The molecule has 0 aliphatic carbocycles. The first-order chi connectivity index (χ1) is 8.91. The van der Waals surface area contributed by atoms with Gasteiger partial charge in [0.05, 0.1) is 12.7 Å². The van der Waals surface area contributed by atoms with Crippen LogP contribution in [0, 0.1) is 5.92 Å². The van der Waals surface area contributed by atoms with Crippen molar-refractivity contribution in [1.29, 1.82) is 0 Å². The summed E-state index contributed by atoms with van der Waals surface area (Å²) in [4.78, 5) is 23.9. The lowest BCUT2D eigenvalue weighted by atomic mass is 10.2. The number of carbonyl (C=O) groups excluding carboxylic acids is 1. The summed E-state index contributed by atoms with van der Waals surface area (Å²) in [6.07, 6.45) is -0.698. The van der Waals surface area contributed by atoms with Gasteiger partial charge in [-0.3, -0.25) is 0 Å². The number of nitrogens with one attached hydrogen (secondary N) is 1. The summed E-state index contributed by atoms with van der Waals surface area (Å²) < 4.78 is 5.30. The van der Waals surface area contributed by atoms with Gasteiger partial charge in [0.1, 0.15) is 6.04 Å². The Balaban J connectivity index is 2.30. The molecule has 1 fully saturated rings. The van der Waals surface area contributed by atoms with Crippen molar-refractivity contribution in [3.63, 3.8) is 0 Å². The Hall–Kier alpha value is -1.34. The topological polar surface area (TPSA) is 99.1 Å². The molecule has 1 heterocycles. The van der Waals surface area contributed by atoms with E-state index in [1.807, 2.05) is 13.8 Å². The van der Waals surface area contributed by atoms with Crippen LogP contribution >= 0.6 is 0 Å². The van der Waals surface area contributed by atoms with Crippen molar-refractivity contribution < 1.29 is 24.5 Å². The van der Waals surface area contributed by atoms with Crippen LogP contribution in [0.1, 0.15) is 20.3 Å². The van der Waals surface area contributed by atoms with Crippen LogP contribution in [0.25, 0.3) is 0 Å². The Labute approximate surface area is 112 Å². The standard InChI is InChI=1S/C12H22N2O5/c1-8(2)7-19-4-3-13-12(18)14-6-9(15)5-10(14)11(16)17/h8-10,15H,3-7H2,1-2H3,(H,13,18)(H,16,17)/t9-,10-/m1/s1. The molecule has 0 unspecified atom stereocenters. The molecule has 7 nitrogen and oxygen atoms in total. The van der Waals surface area contributed by atoms with Gasteiger partial charge in [-0.2, -0.15) is 0 Å². The number of hydrogen-bond acceptors (Lipinski definition) is 4. The number of carboxylic acids is 1. The van der Waals surface area contributed by atoms with Gasteiger partial charge < -0.3 is 25.2 Å². The van der Waals surface area contributed by atoms with Crippen LogP contribution in [-0.4, -0.2) is 65.6 Å². The second kappa shape index (κ2) is 7.30. The molecule has 0 radical (unpaired) electrons. The normalized spacial score (nSPS) is 22.8. The molecule has 110 valence electrons. The Morgan fingerprint density at radius 2 is 2.16 bits per heavy atom. The fourth-order valence-corrected chi connectivity index (χ4v) is 1.92. The lowest BCUT2D eigenvalue weighted by Gasteiger charge is -2.21. The number of ether oxygens (including phenoxy) is 1. The molecule has 0 bridgehead atoms. The Bertz CT molecular complexity index is 321. The van der Waals surface area contributed by atoms with E-state index in [1.165, 1.54) is 0 Å². The fraction of sp³-hybridized carbons (Fsp3) is 0.833. The average molecular weight is 274 g/mol. The molecule has 0 saturated carbocycles. The van der Waals surface area contributed by atoms with Crippen molar-refractivity contribution in [1.82, 2.24) is 10.2 Å². The number of carbonyl (C=O) groups is 2. The maximum atomic E-state index is 11.8. The summed E-state index contributed by atoms with van der Waals surface area (Å²) in [6.45, 7) is 5.44. The molecule has 1 saturated heterocycles. The molecule has 0 aromatic heterocycles. The number of likely N-dealkylation sites (tertiary alicyclic amines) is 1. The molecular formula is C12H22N2O5. The average Bonchev–Trinajstić information content (AvgIpc) is 2.70. The summed E-state index contributed by atoms with van der Waals surface area (Å²) in [5.74, 6) is -0.663. The fourth-order valence-electron chi connectivity index (χ4n) is 1.92. The molecule has 0 aromatic rings. The van der Waals surface area contributed by atoms with Crippen LogP contribution < -0.4 is 5.32 Å². The van der Waals surface area contributed by atoms with E-state index in [9.17, 15) is 14.7 Å². The predicted molar refractivity (Wildman–Crippen MR) is 67.8 cm³/mol. The first-order valence-electron chi connectivity index (χ1n) is 6.45. The van der Waals surface area contributed by atoms with Crippen molar-refractivity contribution in [3.8, 4) is 0 Å². The molecular weight excluding hydrogens is 252 g/mol. The van der Waals surface area contributed by atoms with E-state index < -0.39 is 24.1 Å². The Kier molecular flexibility index (Phi) is 6.04. The van der Waals surface area contributed by atoms with E-state index in [4.69, 9.17) is 9.84 Å². The summed E-state index contributed by atoms with van der Waals surface area (Å²) in [7, 11) is 0. The lowest BCUT2D eigenvalue weighted by Crippen LogP contribution is -2.46. The molecule has 3 N–H and O–H groups in total. The van der Waals surface area contributed by atoms with Crippen LogP contribution in [-0.2, 0) is 9.53 Å². The third-order valence-corrected chi connectivity index (χ3v) is 2.80. The quantitative estimate of drug-likeness (QED) is 0.587. The first kappa shape index (κ1) is 15.7. The van der Waals surface area contributed by atoms with Crippen molar-refractivity contribution in [2.24, 2.45) is 5.92 Å². The van der Waals surface area contributed by atoms with Crippen molar-refractivity contribution in [2.75, 3.05) is 26.3 Å². The lowest BCUT2D eigenvalue weighted by molar-refractivity contribution is -0.141. The Morgan fingerprint density at radius 3 is 2.74 bits per heavy atom. The zero-order valence-corrected chi connectivity index (χ0v) is 11.3. The number of aliphatic hydroxyl groups is 1. The minimum Gasteiger partial charge on any atom is -0.480 e. The van der Waals surface area contributed by atoms with E-state index in [0.717, 1.165) is 4.90 Å². The smallest absolute Gasteiger partial charge is 0.326 e. The maximum absolute atomic E-state index is 11.8. The van der Waals surface area contributed by atoms with Crippen molar-refractivity contribution in [2.45, 2.75) is 32.4 Å². The van der Waals surface area contributed by atoms with Crippen molar-refractivity contribution in [3.05, 3.63) is 0 Å². The molecule has 19 heavy (non-hydrogen) atoms. The van der Waals surface area contributed by atoms with Gasteiger partial charge in [0.25, 0.3) is 0 Å². The van der Waals surface area contributed by atoms with Gasteiger partial charge in [0.2, 0.25) is 0 Å². The van der Waals surface area contributed by atoms with E-state index in [-0.39, 0.29) is 13.0 Å². The SMILES string of the molecule is CC(C)COCCNC(=O)N1C[C@H](O)C[C@@H]1C(=O)O. The monoisotopic (exact) mass is 274 g/mol. The van der Waals surface area contributed by atoms with Gasteiger partial charge in [-0.15, -0.1) is 0 Å². The van der Waals surface area contributed by atoms with Gasteiger partial charge in [-0.05, 0) is 5.92 Å². The highest BCUT2D eigenvalue weighted by Crippen LogP contribution is 2.17. The minimum absolute atomic E-state index is 0.0512. The number of hydrogen-bond donors (Lipinski definition) is 3. The van der Waals surface area contributed by atoms with Crippen molar-refractivity contribution >= 4 is 12.0 Å². The summed E-state index contributed by atoms with van der Waals surface area (Å²) >= 11 is 0. The molecule has 1 aliphatic rings. The van der Waals surface area contributed by atoms with Crippen LogP contribution in [0.3, 0.4) is 0 Å². The number of nitrogens with zero attached hydrogens (tertiary/aromatic N) is 1. The first-order valence-corrected chi connectivity index (χ1v) is 6.45. The summed E-state index contributed by atoms with van der Waals surface area (Å²) in [5, 5.41) is 21.0. The maximum Gasteiger partial charge on any atom is 0.326 e. The molecule has 0 aromatic carbocycles. The zero-order chi connectivity index (χ0) is 14.4. The minimum atomic E-state index is -1.09. The van der Waals surface area contributed by atoms with Crippen LogP contribution in [0.2, 0.25) is 0 Å². The van der Waals surface area contributed by atoms with Gasteiger partial charge in [-0.1, -0.05) is 13.8 Å². The molecule has 1 rings (SSSR count). The number of amides is 2. The molecule has 2 atom stereocenters. The van der Waals surface area contributed by atoms with Crippen LogP contribution in [0.4, 0.5) is 4.79 Å². The van der Waals surface area contributed by atoms with Gasteiger partial charge >= 0.3 is 12.0 Å². The van der Waals surface area contributed by atoms with Gasteiger partial charge in [-0.25, -0.2) is 9.59 Å². The number of urea groups is 1. The van der Waals surface area contributed by atoms with E-state index >= 15 is 0 Å². The Morgan fingerprint density at radius 1 is 1.47 bits per heavy atom. The highest BCUT2D eigenvalue weighted by Gasteiger charge is 2.38. The van der Waals surface area contributed by atoms with Crippen LogP contribution in [0.5, 0.6) is 0 Å². The predicted octanol–water partition coefficient (Wildman–Crippen LogP) is -0.112. The molecule has 7 heteroatoms. The zero-order valence-electron chi connectivity index (χ0n) is 11.3.